The Hall–Kier alpha value is -2.13. The Morgan fingerprint density at radius 3 is 2.75 bits per heavy atom. The quantitative estimate of drug-likeness (QED) is 0.366. The number of hydrogen-bond donors (Lipinski definition) is 3. The lowest BCUT2D eigenvalue weighted by atomic mass is 10.1. The number of nitrogens with one attached hydrogen (secondary N) is 1. The Morgan fingerprint density at radius 2 is 2.08 bits per heavy atom. The van der Waals surface area contributed by atoms with Crippen molar-refractivity contribution in [2.75, 3.05) is 6.61 Å². The topological polar surface area (TPSA) is 91.2 Å². The van der Waals surface area contributed by atoms with Crippen molar-refractivity contribution >= 4 is 34.7 Å². The monoisotopic (exact) mass is 440 g/mol. The minimum Gasteiger partial charge on any atom is -0.504 e. The molecule has 0 aliphatic heterocycles. The molecule has 6 nitrogen and oxygen atoms in total. The molecule has 2 aromatic rings. The molecule has 2 rings (SSSR count). The number of hydrazone groups is 1. The molecule has 0 spiro atoms. The minimum atomic E-state index is -1.29. The van der Waals surface area contributed by atoms with Gasteiger partial charge in [-0.15, -0.1) is 0 Å². The van der Waals surface area contributed by atoms with Gasteiger partial charge in [0.2, 0.25) is 0 Å². The summed E-state index contributed by atoms with van der Waals surface area (Å²) >= 11 is 1.98. The van der Waals surface area contributed by atoms with Gasteiger partial charge in [-0.2, -0.15) is 5.10 Å². The lowest BCUT2D eigenvalue weighted by Crippen LogP contribution is -2.25. The first-order valence-electron chi connectivity index (χ1n) is 7.24. The molecule has 0 radical (unpaired) electrons. The maximum atomic E-state index is 11.9. The van der Waals surface area contributed by atoms with Crippen LogP contribution in [0.4, 0.5) is 0 Å². The van der Waals surface area contributed by atoms with Crippen LogP contribution in [0.15, 0.2) is 47.6 Å². The number of aliphatic hydroxyl groups excluding tert-OH is 1. The third kappa shape index (κ3) is 4.68. The molecule has 0 unspecified atom stereocenters. The summed E-state index contributed by atoms with van der Waals surface area (Å²) in [6.07, 6.45) is 0.127. The number of carbonyl (C=O) groups is 1. The molecule has 1 amide bonds. The standard InChI is InChI=1S/C17H17IN2O4/c1-2-24-14-9-11(8-13(18)16(14)22)10-19-20-17(23)15(21)12-6-4-3-5-7-12/h3-10,15,21-22H,2H2,1H3,(H,20,23)/b19-10-/t15-/m1/s1. The van der Waals surface area contributed by atoms with Gasteiger partial charge in [-0.25, -0.2) is 5.43 Å². The number of aliphatic hydroxyl groups is 1. The molecule has 0 bridgehead atoms. The van der Waals surface area contributed by atoms with E-state index in [4.69, 9.17) is 4.74 Å². The van der Waals surface area contributed by atoms with Gasteiger partial charge >= 0.3 is 0 Å². The van der Waals surface area contributed by atoms with E-state index >= 15 is 0 Å². The zero-order valence-electron chi connectivity index (χ0n) is 12.9. The van der Waals surface area contributed by atoms with Crippen molar-refractivity contribution in [2.24, 2.45) is 5.10 Å². The van der Waals surface area contributed by atoms with E-state index in [1.807, 2.05) is 29.5 Å². The molecule has 126 valence electrons. The van der Waals surface area contributed by atoms with Crippen molar-refractivity contribution in [1.29, 1.82) is 0 Å². The van der Waals surface area contributed by atoms with Gasteiger partial charge in [0.25, 0.3) is 5.91 Å². The van der Waals surface area contributed by atoms with E-state index in [1.54, 1.807) is 42.5 Å². The van der Waals surface area contributed by atoms with Crippen LogP contribution in [0.2, 0.25) is 0 Å². The van der Waals surface area contributed by atoms with Gasteiger partial charge in [-0.05, 0) is 52.8 Å². The van der Waals surface area contributed by atoms with Gasteiger partial charge in [0.05, 0.1) is 16.4 Å². The first-order valence-corrected chi connectivity index (χ1v) is 8.32. The maximum absolute atomic E-state index is 11.9. The number of hydrogen-bond acceptors (Lipinski definition) is 5. The fourth-order valence-electron chi connectivity index (χ4n) is 1.95. The minimum absolute atomic E-state index is 0.0677. The van der Waals surface area contributed by atoms with Crippen LogP contribution in [0.3, 0.4) is 0 Å². The fraction of sp³-hybridized carbons (Fsp3) is 0.176. The van der Waals surface area contributed by atoms with Crippen molar-refractivity contribution in [3.05, 3.63) is 57.2 Å². The van der Waals surface area contributed by atoms with Crippen LogP contribution < -0.4 is 10.2 Å². The summed E-state index contributed by atoms with van der Waals surface area (Å²) in [4.78, 5) is 11.9. The van der Waals surface area contributed by atoms with Crippen molar-refractivity contribution in [2.45, 2.75) is 13.0 Å². The molecule has 2 aromatic carbocycles. The number of benzene rings is 2. The molecular formula is C17H17IN2O4. The summed E-state index contributed by atoms with van der Waals surface area (Å²) in [5.41, 5.74) is 3.43. The van der Waals surface area contributed by atoms with Crippen LogP contribution in [0, 0.1) is 3.57 Å². The SMILES string of the molecule is CCOc1cc(/C=N\NC(=O)[C@H](O)c2ccccc2)cc(I)c1O. The third-order valence-corrected chi connectivity index (χ3v) is 3.92. The molecule has 0 heterocycles. The highest BCUT2D eigenvalue weighted by Crippen LogP contribution is 2.32. The van der Waals surface area contributed by atoms with Crippen molar-refractivity contribution in [3.8, 4) is 11.5 Å². The summed E-state index contributed by atoms with van der Waals surface area (Å²) < 4.78 is 5.94. The molecule has 0 saturated carbocycles. The van der Waals surface area contributed by atoms with Crippen LogP contribution in [-0.4, -0.2) is 28.9 Å². The third-order valence-electron chi connectivity index (χ3n) is 3.10. The van der Waals surface area contributed by atoms with E-state index in [2.05, 4.69) is 10.5 Å². The predicted octanol–water partition coefficient (Wildman–Crippen LogP) is 2.58. The van der Waals surface area contributed by atoms with Crippen LogP contribution in [0.1, 0.15) is 24.2 Å². The van der Waals surface area contributed by atoms with E-state index in [0.29, 0.717) is 27.1 Å². The van der Waals surface area contributed by atoms with Gasteiger partial charge in [0.15, 0.2) is 17.6 Å². The Bertz CT molecular complexity index is 735. The second-order valence-electron chi connectivity index (χ2n) is 4.83. The van der Waals surface area contributed by atoms with Gasteiger partial charge in [0, 0.05) is 0 Å². The van der Waals surface area contributed by atoms with Crippen LogP contribution >= 0.6 is 22.6 Å². The molecule has 0 fully saturated rings. The van der Waals surface area contributed by atoms with Crippen molar-refractivity contribution < 1.29 is 19.7 Å². The molecule has 0 aliphatic rings. The molecule has 3 N–H and O–H groups in total. The number of aromatic hydroxyl groups is 1. The molecular weight excluding hydrogens is 423 g/mol. The van der Waals surface area contributed by atoms with Crippen LogP contribution in [0.5, 0.6) is 11.5 Å². The average molecular weight is 440 g/mol. The van der Waals surface area contributed by atoms with Crippen molar-refractivity contribution in [3.63, 3.8) is 0 Å². The molecule has 7 heteroatoms. The summed E-state index contributed by atoms with van der Waals surface area (Å²) in [7, 11) is 0. The van der Waals surface area contributed by atoms with E-state index in [9.17, 15) is 15.0 Å². The number of halogens is 1. The zero-order valence-corrected chi connectivity index (χ0v) is 15.1. The number of phenols is 1. The highest BCUT2D eigenvalue weighted by molar-refractivity contribution is 14.1. The first kappa shape index (κ1) is 18.2. The zero-order chi connectivity index (χ0) is 17.5. The Labute approximate surface area is 153 Å². The van der Waals surface area contributed by atoms with Crippen LogP contribution in [0.25, 0.3) is 0 Å². The summed E-state index contributed by atoms with van der Waals surface area (Å²) in [6, 6.07) is 11.9. The first-order chi connectivity index (χ1) is 11.5. The highest BCUT2D eigenvalue weighted by Gasteiger charge is 2.16. The lowest BCUT2D eigenvalue weighted by molar-refractivity contribution is -0.129. The molecule has 0 aromatic heterocycles. The molecule has 0 saturated heterocycles. The number of phenolic OH excluding ortho intramolecular Hbond substituents is 1. The van der Waals surface area contributed by atoms with Crippen LogP contribution in [-0.2, 0) is 4.79 Å². The average Bonchev–Trinajstić information content (AvgIpc) is 2.59. The van der Waals surface area contributed by atoms with Gasteiger partial charge < -0.3 is 14.9 Å². The van der Waals surface area contributed by atoms with Gasteiger partial charge in [-0.3, -0.25) is 4.79 Å². The molecule has 1 atom stereocenters. The smallest absolute Gasteiger partial charge is 0.273 e. The Balaban J connectivity index is 2.05. The second kappa shape index (κ2) is 8.65. The fourth-order valence-corrected chi connectivity index (χ4v) is 2.58. The van der Waals surface area contributed by atoms with Crippen molar-refractivity contribution in [1.82, 2.24) is 5.43 Å². The van der Waals surface area contributed by atoms with E-state index in [-0.39, 0.29) is 5.75 Å². The van der Waals surface area contributed by atoms with E-state index < -0.39 is 12.0 Å². The van der Waals surface area contributed by atoms with Gasteiger partial charge in [-0.1, -0.05) is 30.3 Å². The number of amides is 1. The maximum Gasteiger partial charge on any atom is 0.273 e. The number of ether oxygens (including phenoxy) is 1. The second-order valence-corrected chi connectivity index (χ2v) is 5.99. The summed E-state index contributed by atoms with van der Waals surface area (Å²) in [5, 5.41) is 23.7. The predicted molar refractivity (Wildman–Crippen MR) is 99.1 cm³/mol. The number of carbonyl (C=O) groups excluding carboxylic acids is 1. The normalized spacial score (nSPS) is 12.1. The van der Waals surface area contributed by atoms with E-state index in [1.165, 1.54) is 6.21 Å². The van der Waals surface area contributed by atoms with E-state index in [0.717, 1.165) is 0 Å². The van der Waals surface area contributed by atoms with Gasteiger partial charge in [0.1, 0.15) is 0 Å². The summed E-state index contributed by atoms with van der Waals surface area (Å²) in [5.74, 6) is -0.212. The number of nitrogens with zero attached hydrogens (tertiary/aromatic N) is 1. The number of rotatable bonds is 6. The Morgan fingerprint density at radius 1 is 1.38 bits per heavy atom. The summed E-state index contributed by atoms with van der Waals surface area (Å²) in [6.45, 7) is 2.24. The lowest BCUT2D eigenvalue weighted by Gasteiger charge is -2.09. The Kier molecular flexibility index (Phi) is 6.56. The largest absolute Gasteiger partial charge is 0.504 e. The molecule has 24 heavy (non-hydrogen) atoms. The molecule has 0 aliphatic carbocycles. The highest BCUT2D eigenvalue weighted by atomic mass is 127.